The zero-order valence-electron chi connectivity index (χ0n) is 13.9. The number of fused-ring (bicyclic) bond motifs is 2. The summed E-state index contributed by atoms with van der Waals surface area (Å²) >= 11 is 0. The zero-order chi connectivity index (χ0) is 17.1. The third-order valence-electron chi connectivity index (χ3n) is 4.48. The molecule has 1 N–H and O–H groups in total. The van der Waals surface area contributed by atoms with E-state index in [9.17, 15) is 4.79 Å². The van der Waals surface area contributed by atoms with Gasteiger partial charge < -0.3 is 9.72 Å². The van der Waals surface area contributed by atoms with Gasteiger partial charge in [-0.15, -0.1) is 0 Å². The fourth-order valence-corrected chi connectivity index (χ4v) is 3.22. The molecule has 0 aliphatic rings. The Kier molecular flexibility index (Phi) is 4.21. The molecule has 0 amide bonds. The predicted octanol–water partition coefficient (Wildman–Crippen LogP) is 5.25. The number of aryl methyl sites for hydroxylation is 1. The van der Waals surface area contributed by atoms with Gasteiger partial charge in [-0.1, -0.05) is 54.6 Å². The van der Waals surface area contributed by atoms with Crippen molar-refractivity contribution in [1.29, 1.82) is 0 Å². The molecule has 3 aromatic carbocycles. The van der Waals surface area contributed by atoms with Gasteiger partial charge in [-0.3, -0.25) is 4.79 Å². The van der Waals surface area contributed by atoms with E-state index in [0.29, 0.717) is 12.2 Å². The van der Waals surface area contributed by atoms with Crippen molar-refractivity contribution in [3.8, 4) is 5.75 Å². The Hall–Kier alpha value is -3.07. The van der Waals surface area contributed by atoms with Crippen molar-refractivity contribution < 1.29 is 9.53 Å². The van der Waals surface area contributed by atoms with Crippen molar-refractivity contribution in [2.24, 2.45) is 0 Å². The molecular weight excluding hydrogens is 310 g/mol. The van der Waals surface area contributed by atoms with Crippen LogP contribution in [0.25, 0.3) is 21.7 Å². The summed E-state index contributed by atoms with van der Waals surface area (Å²) in [4.78, 5) is 15.5. The summed E-state index contributed by atoms with van der Waals surface area (Å²) in [6, 6.07) is 21.9. The third-order valence-corrected chi connectivity index (χ3v) is 4.48. The average Bonchev–Trinajstić information content (AvgIpc) is 3.05. The van der Waals surface area contributed by atoms with Crippen LogP contribution in [0.2, 0.25) is 0 Å². The van der Waals surface area contributed by atoms with Gasteiger partial charge in [0.15, 0.2) is 0 Å². The highest BCUT2D eigenvalue weighted by molar-refractivity contribution is 5.90. The van der Waals surface area contributed by atoms with Crippen LogP contribution in [0.5, 0.6) is 5.75 Å². The first kappa shape index (κ1) is 15.5. The number of hydrogen-bond acceptors (Lipinski definition) is 2. The van der Waals surface area contributed by atoms with Crippen molar-refractivity contribution in [1.82, 2.24) is 4.98 Å². The Balaban J connectivity index is 1.39. The Morgan fingerprint density at radius 3 is 2.56 bits per heavy atom. The molecule has 0 atom stereocenters. The number of aromatic amines is 1. The first-order valence-electron chi connectivity index (χ1n) is 8.55. The molecular formula is C22H19NO2. The number of benzene rings is 3. The van der Waals surface area contributed by atoms with Gasteiger partial charge in [-0.25, -0.2) is 0 Å². The van der Waals surface area contributed by atoms with Crippen LogP contribution >= 0.6 is 0 Å². The van der Waals surface area contributed by atoms with Crippen molar-refractivity contribution in [2.45, 2.75) is 19.3 Å². The second-order valence-corrected chi connectivity index (χ2v) is 6.16. The molecule has 4 rings (SSSR count). The summed E-state index contributed by atoms with van der Waals surface area (Å²) in [5, 5.41) is 3.27. The van der Waals surface area contributed by atoms with Crippen LogP contribution in [0.1, 0.15) is 18.4 Å². The number of aromatic nitrogens is 1. The number of carbonyl (C=O) groups is 1. The molecule has 0 unspecified atom stereocenters. The number of para-hydroxylation sites is 1. The normalized spacial score (nSPS) is 11.0. The molecule has 0 saturated carbocycles. The van der Waals surface area contributed by atoms with Crippen molar-refractivity contribution >= 4 is 27.6 Å². The van der Waals surface area contributed by atoms with Gasteiger partial charge in [0.05, 0.1) is 0 Å². The summed E-state index contributed by atoms with van der Waals surface area (Å²) in [7, 11) is 0. The van der Waals surface area contributed by atoms with Gasteiger partial charge >= 0.3 is 5.97 Å². The number of nitrogens with one attached hydrogen (secondary N) is 1. The largest absolute Gasteiger partial charge is 0.426 e. The quantitative estimate of drug-likeness (QED) is 0.401. The average molecular weight is 329 g/mol. The maximum absolute atomic E-state index is 12.2. The Labute approximate surface area is 146 Å². The molecule has 25 heavy (non-hydrogen) atoms. The molecule has 0 fully saturated rings. The van der Waals surface area contributed by atoms with Gasteiger partial charge in [0.2, 0.25) is 0 Å². The van der Waals surface area contributed by atoms with E-state index in [0.717, 1.165) is 29.1 Å². The maximum atomic E-state index is 12.2. The summed E-state index contributed by atoms with van der Waals surface area (Å²) < 4.78 is 5.59. The molecule has 0 aliphatic heterocycles. The highest BCUT2D eigenvalue weighted by Crippen LogP contribution is 2.26. The van der Waals surface area contributed by atoms with Gasteiger partial charge in [0, 0.05) is 28.9 Å². The molecule has 0 spiro atoms. The number of hydrogen-bond donors (Lipinski definition) is 1. The molecule has 3 heteroatoms. The molecule has 0 bridgehead atoms. The standard InChI is InChI=1S/C22H19NO2/c24-22(25-21-13-5-8-16-7-1-2-11-19(16)21)14-6-9-17-15-23-20-12-4-3-10-18(17)20/h1-5,7-8,10-13,15,23H,6,9,14H2. The Morgan fingerprint density at radius 2 is 1.64 bits per heavy atom. The SMILES string of the molecule is O=C(CCCc1c[nH]c2ccccc12)Oc1cccc2ccccc12. The number of rotatable bonds is 5. The van der Waals surface area contributed by atoms with Crippen LogP contribution in [-0.4, -0.2) is 11.0 Å². The lowest BCUT2D eigenvalue weighted by atomic mass is 10.1. The zero-order valence-corrected chi connectivity index (χ0v) is 13.9. The topological polar surface area (TPSA) is 42.1 Å². The Morgan fingerprint density at radius 1 is 0.880 bits per heavy atom. The fraction of sp³-hybridized carbons (Fsp3) is 0.136. The van der Waals surface area contributed by atoms with Gasteiger partial charge in [-0.2, -0.15) is 0 Å². The molecule has 4 aromatic rings. The monoisotopic (exact) mass is 329 g/mol. The van der Waals surface area contributed by atoms with Crippen molar-refractivity contribution in [2.75, 3.05) is 0 Å². The number of carbonyl (C=O) groups excluding carboxylic acids is 1. The van der Waals surface area contributed by atoms with E-state index in [4.69, 9.17) is 4.74 Å². The number of ether oxygens (including phenoxy) is 1. The van der Waals surface area contributed by atoms with E-state index in [1.54, 1.807) is 0 Å². The van der Waals surface area contributed by atoms with Gasteiger partial charge in [-0.05, 0) is 35.9 Å². The smallest absolute Gasteiger partial charge is 0.311 e. The molecule has 124 valence electrons. The van der Waals surface area contributed by atoms with Gasteiger partial charge in [0.1, 0.15) is 5.75 Å². The van der Waals surface area contributed by atoms with Crippen LogP contribution < -0.4 is 4.74 Å². The second-order valence-electron chi connectivity index (χ2n) is 6.16. The number of esters is 1. The minimum atomic E-state index is -0.184. The molecule has 0 saturated heterocycles. The van der Waals surface area contributed by atoms with E-state index in [-0.39, 0.29) is 5.97 Å². The predicted molar refractivity (Wildman–Crippen MR) is 101 cm³/mol. The third kappa shape index (κ3) is 3.26. The lowest BCUT2D eigenvalue weighted by Crippen LogP contribution is -2.08. The maximum Gasteiger partial charge on any atom is 0.311 e. The molecule has 3 nitrogen and oxygen atoms in total. The van der Waals surface area contributed by atoms with Crippen molar-refractivity contribution in [3.05, 3.63) is 78.5 Å². The van der Waals surface area contributed by atoms with Gasteiger partial charge in [0.25, 0.3) is 0 Å². The minimum absolute atomic E-state index is 0.184. The second kappa shape index (κ2) is 6.81. The highest BCUT2D eigenvalue weighted by Gasteiger charge is 2.09. The molecule has 1 heterocycles. The van der Waals surface area contributed by atoms with Crippen LogP contribution in [0.3, 0.4) is 0 Å². The van der Waals surface area contributed by atoms with E-state index < -0.39 is 0 Å². The molecule has 0 aliphatic carbocycles. The van der Waals surface area contributed by atoms with E-state index in [1.165, 1.54) is 10.9 Å². The van der Waals surface area contributed by atoms with E-state index in [1.807, 2.05) is 60.8 Å². The lowest BCUT2D eigenvalue weighted by molar-refractivity contribution is -0.134. The minimum Gasteiger partial charge on any atom is -0.426 e. The first-order chi connectivity index (χ1) is 12.3. The van der Waals surface area contributed by atoms with Crippen LogP contribution in [0.4, 0.5) is 0 Å². The van der Waals surface area contributed by atoms with E-state index >= 15 is 0 Å². The fourth-order valence-electron chi connectivity index (χ4n) is 3.22. The highest BCUT2D eigenvalue weighted by atomic mass is 16.5. The first-order valence-corrected chi connectivity index (χ1v) is 8.55. The van der Waals surface area contributed by atoms with Crippen LogP contribution in [0, 0.1) is 0 Å². The van der Waals surface area contributed by atoms with E-state index in [2.05, 4.69) is 17.1 Å². The lowest BCUT2D eigenvalue weighted by Gasteiger charge is -2.07. The summed E-state index contributed by atoms with van der Waals surface area (Å²) in [6.07, 6.45) is 4.06. The summed E-state index contributed by atoms with van der Waals surface area (Å²) in [6.45, 7) is 0. The molecule has 0 radical (unpaired) electrons. The van der Waals surface area contributed by atoms with Crippen molar-refractivity contribution in [3.63, 3.8) is 0 Å². The van der Waals surface area contributed by atoms with Crippen LogP contribution in [0.15, 0.2) is 72.9 Å². The number of H-pyrrole nitrogens is 1. The summed E-state index contributed by atoms with van der Waals surface area (Å²) in [5.74, 6) is 0.450. The molecule has 1 aromatic heterocycles. The van der Waals surface area contributed by atoms with Crippen LogP contribution in [-0.2, 0) is 11.2 Å². The Bertz CT molecular complexity index is 1030. The summed E-state index contributed by atoms with van der Waals surface area (Å²) in [5.41, 5.74) is 2.38.